The van der Waals surface area contributed by atoms with E-state index < -0.39 is 0 Å². The fraction of sp³-hybridized carbons (Fsp3) is 0.667. The summed E-state index contributed by atoms with van der Waals surface area (Å²) in [5.41, 5.74) is 1.44. The number of thiophene rings is 1. The first-order valence-corrected chi connectivity index (χ1v) is 6.71. The second-order valence-electron chi connectivity index (χ2n) is 4.26. The van der Waals surface area contributed by atoms with Gasteiger partial charge in [-0.05, 0) is 43.2 Å². The lowest BCUT2D eigenvalue weighted by Crippen LogP contribution is -2.29. The van der Waals surface area contributed by atoms with Crippen molar-refractivity contribution in [1.82, 2.24) is 10.6 Å². The van der Waals surface area contributed by atoms with Gasteiger partial charge in [0.25, 0.3) is 0 Å². The molecule has 0 radical (unpaired) electrons. The number of hydrogen-bond donors (Lipinski definition) is 2. The predicted octanol–water partition coefficient (Wildman–Crippen LogP) is 1.94. The van der Waals surface area contributed by atoms with Crippen LogP contribution in [0.1, 0.15) is 23.3 Å². The maximum atomic E-state index is 3.50. The first kappa shape index (κ1) is 11.1. The van der Waals surface area contributed by atoms with Gasteiger partial charge in [0, 0.05) is 30.6 Å². The molecular formula is C12H20N2S. The van der Waals surface area contributed by atoms with E-state index in [1.165, 1.54) is 29.7 Å². The molecular weight excluding hydrogens is 204 g/mol. The highest BCUT2D eigenvalue weighted by Crippen LogP contribution is 2.17. The maximum Gasteiger partial charge on any atom is 0.00870 e. The number of hydrogen-bond acceptors (Lipinski definition) is 3. The minimum Gasteiger partial charge on any atom is -0.315 e. The molecule has 1 aliphatic rings. The zero-order chi connectivity index (χ0) is 10.5. The van der Waals surface area contributed by atoms with Crippen LogP contribution < -0.4 is 10.6 Å². The van der Waals surface area contributed by atoms with Gasteiger partial charge in [0.2, 0.25) is 0 Å². The van der Waals surface area contributed by atoms with Crippen LogP contribution in [0.5, 0.6) is 0 Å². The molecule has 15 heavy (non-hydrogen) atoms. The third kappa shape index (κ3) is 3.93. The quantitative estimate of drug-likeness (QED) is 0.692. The van der Waals surface area contributed by atoms with Crippen molar-refractivity contribution < 1.29 is 0 Å². The molecule has 0 aliphatic heterocycles. The Bertz CT molecular complexity index is 292. The Hall–Kier alpha value is -0.380. The van der Waals surface area contributed by atoms with E-state index in [9.17, 15) is 0 Å². The highest BCUT2D eigenvalue weighted by molar-refractivity contribution is 7.10. The highest BCUT2D eigenvalue weighted by atomic mass is 32.1. The zero-order valence-electron chi connectivity index (χ0n) is 9.38. The highest BCUT2D eigenvalue weighted by Gasteiger charge is 2.19. The molecule has 2 rings (SSSR count). The molecule has 0 spiro atoms. The number of rotatable bonds is 7. The van der Waals surface area contributed by atoms with Crippen LogP contribution in [0.2, 0.25) is 0 Å². The van der Waals surface area contributed by atoms with Crippen molar-refractivity contribution in [3.8, 4) is 0 Å². The van der Waals surface area contributed by atoms with E-state index in [1.54, 1.807) is 0 Å². The monoisotopic (exact) mass is 224 g/mol. The van der Waals surface area contributed by atoms with E-state index in [0.29, 0.717) is 0 Å². The molecule has 0 aromatic carbocycles. The van der Waals surface area contributed by atoms with E-state index >= 15 is 0 Å². The van der Waals surface area contributed by atoms with Crippen molar-refractivity contribution >= 4 is 11.3 Å². The molecule has 1 aromatic heterocycles. The summed E-state index contributed by atoms with van der Waals surface area (Å²) in [6.45, 7) is 5.52. The van der Waals surface area contributed by atoms with Crippen LogP contribution in [-0.4, -0.2) is 25.7 Å². The maximum absolute atomic E-state index is 3.50. The lowest BCUT2D eigenvalue weighted by atomic mass is 10.2. The van der Waals surface area contributed by atoms with Gasteiger partial charge in [-0.3, -0.25) is 0 Å². The SMILES string of the molecule is Cc1ccsc1CCNCCNC1CC1. The summed E-state index contributed by atoms with van der Waals surface area (Å²) in [6, 6.07) is 3.04. The predicted molar refractivity (Wildman–Crippen MR) is 66.7 cm³/mol. The van der Waals surface area contributed by atoms with Crippen molar-refractivity contribution in [2.24, 2.45) is 0 Å². The van der Waals surface area contributed by atoms with Gasteiger partial charge in [-0.2, -0.15) is 0 Å². The lowest BCUT2D eigenvalue weighted by molar-refractivity contribution is 0.610. The van der Waals surface area contributed by atoms with E-state index in [2.05, 4.69) is 29.0 Å². The standard InChI is InChI=1S/C12H20N2S/c1-10-5-9-15-12(10)4-6-13-7-8-14-11-2-3-11/h5,9,11,13-14H,2-4,6-8H2,1H3. The van der Waals surface area contributed by atoms with Crippen LogP contribution in [0.25, 0.3) is 0 Å². The lowest BCUT2D eigenvalue weighted by Gasteiger charge is -2.05. The molecule has 1 heterocycles. The van der Waals surface area contributed by atoms with Gasteiger partial charge in [0.1, 0.15) is 0 Å². The Kier molecular flexibility index (Phi) is 4.18. The Balaban J connectivity index is 1.49. The summed E-state index contributed by atoms with van der Waals surface area (Å²) in [6.07, 6.45) is 3.94. The van der Waals surface area contributed by atoms with Crippen LogP contribution in [0.15, 0.2) is 11.4 Å². The average molecular weight is 224 g/mol. The third-order valence-corrected chi connectivity index (χ3v) is 3.89. The molecule has 1 saturated carbocycles. The van der Waals surface area contributed by atoms with Crippen molar-refractivity contribution in [3.63, 3.8) is 0 Å². The topological polar surface area (TPSA) is 24.1 Å². The molecule has 2 N–H and O–H groups in total. The fourth-order valence-corrected chi connectivity index (χ4v) is 2.55. The second kappa shape index (κ2) is 5.64. The largest absolute Gasteiger partial charge is 0.315 e. The van der Waals surface area contributed by atoms with Crippen LogP contribution in [-0.2, 0) is 6.42 Å². The van der Waals surface area contributed by atoms with Gasteiger partial charge in [-0.25, -0.2) is 0 Å². The van der Waals surface area contributed by atoms with Crippen LogP contribution in [0.3, 0.4) is 0 Å². The second-order valence-corrected chi connectivity index (χ2v) is 5.26. The zero-order valence-corrected chi connectivity index (χ0v) is 10.2. The van der Waals surface area contributed by atoms with E-state index in [1.807, 2.05) is 11.3 Å². The molecule has 0 atom stereocenters. The van der Waals surface area contributed by atoms with Gasteiger partial charge in [0.05, 0.1) is 0 Å². The van der Waals surface area contributed by atoms with Gasteiger partial charge >= 0.3 is 0 Å². The molecule has 3 heteroatoms. The Morgan fingerprint density at radius 3 is 2.87 bits per heavy atom. The van der Waals surface area contributed by atoms with E-state index in [0.717, 1.165) is 25.7 Å². The Morgan fingerprint density at radius 1 is 1.33 bits per heavy atom. The Morgan fingerprint density at radius 2 is 2.20 bits per heavy atom. The van der Waals surface area contributed by atoms with E-state index in [4.69, 9.17) is 0 Å². The first-order chi connectivity index (χ1) is 7.36. The number of nitrogens with one attached hydrogen (secondary N) is 2. The normalized spacial score (nSPS) is 15.8. The summed E-state index contributed by atoms with van der Waals surface area (Å²) in [5, 5.41) is 9.16. The minimum atomic E-state index is 0.839. The molecule has 0 unspecified atom stereocenters. The Labute approximate surface area is 96.1 Å². The molecule has 1 aliphatic carbocycles. The van der Waals surface area contributed by atoms with Crippen LogP contribution in [0.4, 0.5) is 0 Å². The summed E-state index contributed by atoms with van der Waals surface area (Å²) in [7, 11) is 0. The summed E-state index contributed by atoms with van der Waals surface area (Å²) in [4.78, 5) is 1.53. The van der Waals surface area contributed by atoms with Crippen LogP contribution in [0, 0.1) is 6.92 Å². The van der Waals surface area contributed by atoms with Gasteiger partial charge in [-0.1, -0.05) is 0 Å². The molecule has 1 aromatic rings. The molecule has 0 saturated heterocycles. The first-order valence-electron chi connectivity index (χ1n) is 5.83. The molecule has 84 valence electrons. The van der Waals surface area contributed by atoms with Crippen LogP contribution >= 0.6 is 11.3 Å². The molecule has 2 nitrogen and oxygen atoms in total. The van der Waals surface area contributed by atoms with Gasteiger partial charge < -0.3 is 10.6 Å². The molecule has 0 amide bonds. The molecule has 0 bridgehead atoms. The van der Waals surface area contributed by atoms with E-state index in [-0.39, 0.29) is 0 Å². The minimum absolute atomic E-state index is 0.839. The number of aryl methyl sites for hydroxylation is 1. The molecule has 1 fully saturated rings. The average Bonchev–Trinajstić information content (AvgIpc) is 2.96. The smallest absolute Gasteiger partial charge is 0.00870 e. The van der Waals surface area contributed by atoms with Gasteiger partial charge in [-0.15, -0.1) is 11.3 Å². The summed E-state index contributed by atoms with van der Waals surface area (Å²) < 4.78 is 0. The van der Waals surface area contributed by atoms with Crippen molar-refractivity contribution in [3.05, 3.63) is 21.9 Å². The van der Waals surface area contributed by atoms with Crippen molar-refractivity contribution in [2.45, 2.75) is 32.2 Å². The summed E-state index contributed by atoms with van der Waals surface area (Å²) >= 11 is 1.87. The summed E-state index contributed by atoms with van der Waals surface area (Å²) in [5.74, 6) is 0. The van der Waals surface area contributed by atoms with Crippen molar-refractivity contribution in [1.29, 1.82) is 0 Å². The third-order valence-electron chi connectivity index (χ3n) is 2.81. The fourth-order valence-electron chi connectivity index (χ4n) is 1.64. The van der Waals surface area contributed by atoms with Crippen molar-refractivity contribution in [2.75, 3.05) is 19.6 Å². The van der Waals surface area contributed by atoms with Gasteiger partial charge in [0.15, 0.2) is 0 Å².